The van der Waals surface area contributed by atoms with Gasteiger partial charge in [-0.1, -0.05) is 11.1 Å². The molecule has 122 valence electrons. The number of hydrogen-bond acceptors (Lipinski definition) is 4. The number of benzene rings is 1. The van der Waals surface area contributed by atoms with Gasteiger partial charge < -0.3 is 14.2 Å². The van der Waals surface area contributed by atoms with Crippen LogP contribution in [-0.2, 0) is 6.42 Å². The van der Waals surface area contributed by atoms with Gasteiger partial charge >= 0.3 is 0 Å². The fraction of sp³-hybridized carbons (Fsp3) is 0.556. The van der Waals surface area contributed by atoms with Crippen molar-refractivity contribution in [2.75, 3.05) is 34.9 Å². The third kappa shape index (κ3) is 3.22. The molecule has 0 aromatic heterocycles. The molecule has 1 aliphatic heterocycles. The highest BCUT2D eigenvalue weighted by molar-refractivity contribution is 5.54. The Morgan fingerprint density at radius 3 is 2.14 bits per heavy atom. The summed E-state index contributed by atoms with van der Waals surface area (Å²) in [5.74, 6) is 2.08. The van der Waals surface area contributed by atoms with Gasteiger partial charge in [-0.2, -0.15) is 0 Å². The van der Waals surface area contributed by atoms with E-state index in [9.17, 15) is 0 Å². The minimum atomic E-state index is 0.427. The van der Waals surface area contributed by atoms with E-state index in [4.69, 9.17) is 14.2 Å². The lowest BCUT2D eigenvalue weighted by atomic mass is 9.90. The summed E-state index contributed by atoms with van der Waals surface area (Å²) in [6, 6.07) is 4.52. The van der Waals surface area contributed by atoms with E-state index in [1.54, 1.807) is 21.3 Å². The van der Waals surface area contributed by atoms with Gasteiger partial charge in [0.25, 0.3) is 0 Å². The van der Waals surface area contributed by atoms with Crippen molar-refractivity contribution in [3.63, 3.8) is 0 Å². The predicted octanol–water partition coefficient (Wildman–Crippen LogP) is 3.30. The predicted molar refractivity (Wildman–Crippen MR) is 89.2 cm³/mol. The number of hydrogen-bond donors (Lipinski definition) is 0. The first-order valence-corrected chi connectivity index (χ1v) is 7.67. The molecular formula is C18H27NO3. The van der Waals surface area contributed by atoms with E-state index < -0.39 is 0 Å². The van der Waals surface area contributed by atoms with Crippen LogP contribution in [0.4, 0.5) is 0 Å². The Balaban J connectivity index is 2.35. The number of ether oxygens (including phenoxy) is 3. The first-order chi connectivity index (χ1) is 10.5. The quantitative estimate of drug-likeness (QED) is 0.781. The van der Waals surface area contributed by atoms with Gasteiger partial charge in [-0.05, 0) is 51.4 Å². The van der Waals surface area contributed by atoms with Gasteiger partial charge in [0.15, 0.2) is 11.5 Å². The summed E-state index contributed by atoms with van der Waals surface area (Å²) >= 11 is 0. The molecule has 4 heteroatoms. The van der Waals surface area contributed by atoms with Crippen LogP contribution in [0, 0.1) is 0 Å². The molecule has 1 aromatic carbocycles. The standard InChI is InChI=1S/C18H27NO3/c1-12-7-8-19(3)15(13(12)2)9-14-10-16(20-4)18(22-6)17(11-14)21-5/h10-11,15H,7-9H2,1-6H3. The third-order valence-electron chi connectivity index (χ3n) is 4.70. The average molecular weight is 305 g/mol. The van der Waals surface area contributed by atoms with Gasteiger partial charge in [-0.25, -0.2) is 0 Å². The van der Waals surface area contributed by atoms with Gasteiger partial charge in [-0.3, -0.25) is 4.90 Å². The van der Waals surface area contributed by atoms with Crippen molar-refractivity contribution in [3.05, 3.63) is 28.8 Å². The highest BCUT2D eigenvalue weighted by Crippen LogP contribution is 2.39. The average Bonchev–Trinajstić information content (AvgIpc) is 2.54. The highest BCUT2D eigenvalue weighted by atomic mass is 16.5. The zero-order chi connectivity index (χ0) is 16.3. The van der Waals surface area contributed by atoms with E-state index in [-0.39, 0.29) is 0 Å². The van der Waals surface area contributed by atoms with Crippen molar-refractivity contribution in [1.82, 2.24) is 4.90 Å². The lowest BCUT2D eigenvalue weighted by molar-refractivity contribution is 0.255. The molecule has 0 saturated heterocycles. The van der Waals surface area contributed by atoms with Crippen LogP contribution >= 0.6 is 0 Å². The first-order valence-electron chi connectivity index (χ1n) is 7.67. The highest BCUT2D eigenvalue weighted by Gasteiger charge is 2.24. The van der Waals surface area contributed by atoms with Crippen molar-refractivity contribution in [2.45, 2.75) is 32.7 Å². The molecule has 1 heterocycles. The van der Waals surface area contributed by atoms with Crippen LogP contribution in [0.1, 0.15) is 25.8 Å². The van der Waals surface area contributed by atoms with Crippen LogP contribution in [0.5, 0.6) is 17.2 Å². The summed E-state index contributed by atoms with van der Waals surface area (Å²) in [5, 5.41) is 0. The maximum absolute atomic E-state index is 5.45. The van der Waals surface area contributed by atoms with E-state index in [0.29, 0.717) is 23.3 Å². The van der Waals surface area contributed by atoms with E-state index in [2.05, 4.69) is 25.8 Å². The maximum Gasteiger partial charge on any atom is 0.203 e. The van der Waals surface area contributed by atoms with Crippen molar-refractivity contribution in [3.8, 4) is 17.2 Å². The monoisotopic (exact) mass is 305 g/mol. The molecule has 0 spiro atoms. The Kier molecular flexibility index (Phi) is 5.35. The maximum atomic E-state index is 5.45. The molecule has 1 aromatic rings. The smallest absolute Gasteiger partial charge is 0.203 e. The van der Waals surface area contributed by atoms with Gasteiger partial charge in [0.1, 0.15) is 0 Å². The summed E-state index contributed by atoms with van der Waals surface area (Å²) in [4.78, 5) is 2.42. The van der Waals surface area contributed by atoms with Crippen LogP contribution in [0.25, 0.3) is 0 Å². The second kappa shape index (κ2) is 7.05. The lowest BCUT2D eigenvalue weighted by Gasteiger charge is -2.35. The number of nitrogens with zero attached hydrogens (tertiary/aromatic N) is 1. The topological polar surface area (TPSA) is 30.9 Å². The summed E-state index contributed by atoms with van der Waals surface area (Å²) in [5.41, 5.74) is 4.18. The van der Waals surface area contributed by atoms with Crippen LogP contribution in [0.2, 0.25) is 0 Å². The van der Waals surface area contributed by atoms with E-state index >= 15 is 0 Å². The zero-order valence-corrected chi connectivity index (χ0v) is 14.5. The van der Waals surface area contributed by atoms with Gasteiger partial charge in [-0.15, -0.1) is 0 Å². The molecule has 1 aliphatic rings. The summed E-state index contributed by atoms with van der Waals surface area (Å²) in [7, 11) is 7.13. The Morgan fingerprint density at radius 2 is 1.64 bits per heavy atom. The molecular weight excluding hydrogens is 278 g/mol. The van der Waals surface area contributed by atoms with Crippen molar-refractivity contribution < 1.29 is 14.2 Å². The molecule has 0 radical (unpaired) electrons. The molecule has 0 amide bonds. The molecule has 4 nitrogen and oxygen atoms in total. The fourth-order valence-corrected chi connectivity index (χ4v) is 3.10. The summed E-state index contributed by atoms with van der Waals surface area (Å²) in [6.07, 6.45) is 2.10. The molecule has 0 aliphatic carbocycles. The van der Waals surface area contributed by atoms with Crippen molar-refractivity contribution in [2.24, 2.45) is 0 Å². The molecule has 1 atom stereocenters. The first kappa shape index (κ1) is 16.7. The molecule has 0 N–H and O–H groups in total. The fourth-order valence-electron chi connectivity index (χ4n) is 3.10. The largest absolute Gasteiger partial charge is 0.493 e. The minimum Gasteiger partial charge on any atom is -0.493 e. The Hall–Kier alpha value is -1.68. The van der Waals surface area contributed by atoms with E-state index in [1.807, 2.05) is 12.1 Å². The van der Waals surface area contributed by atoms with Gasteiger partial charge in [0.2, 0.25) is 5.75 Å². The third-order valence-corrected chi connectivity index (χ3v) is 4.70. The Bertz CT molecular complexity index is 540. The molecule has 0 saturated carbocycles. The van der Waals surface area contributed by atoms with Crippen molar-refractivity contribution >= 4 is 0 Å². The molecule has 22 heavy (non-hydrogen) atoms. The minimum absolute atomic E-state index is 0.427. The second-order valence-corrected chi connectivity index (χ2v) is 5.95. The Labute approximate surface area is 133 Å². The summed E-state index contributed by atoms with van der Waals surface area (Å²) < 4.78 is 16.3. The normalized spacial score (nSPS) is 19.3. The van der Waals surface area contributed by atoms with Crippen LogP contribution in [0.15, 0.2) is 23.3 Å². The number of methoxy groups -OCH3 is 3. The molecule has 0 bridgehead atoms. The SMILES string of the molecule is COc1cc(CC2C(C)=C(C)CCN2C)cc(OC)c1OC. The van der Waals surface area contributed by atoms with Gasteiger partial charge in [0.05, 0.1) is 21.3 Å². The second-order valence-electron chi connectivity index (χ2n) is 5.95. The van der Waals surface area contributed by atoms with Crippen LogP contribution in [-0.4, -0.2) is 45.9 Å². The number of likely N-dealkylation sites (N-methyl/N-ethyl adjacent to an activating group) is 1. The summed E-state index contributed by atoms with van der Waals surface area (Å²) in [6.45, 7) is 5.59. The zero-order valence-electron chi connectivity index (χ0n) is 14.5. The van der Waals surface area contributed by atoms with Gasteiger partial charge in [0, 0.05) is 12.6 Å². The lowest BCUT2D eigenvalue weighted by Crippen LogP contribution is -2.39. The van der Waals surface area contributed by atoms with Crippen molar-refractivity contribution in [1.29, 1.82) is 0 Å². The van der Waals surface area contributed by atoms with E-state index in [1.165, 1.54) is 16.7 Å². The van der Waals surface area contributed by atoms with E-state index in [0.717, 1.165) is 19.4 Å². The molecule has 2 rings (SSSR count). The molecule has 0 fully saturated rings. The Morgan fingerprint density at radius 1 is 1.05 bits per heavy atom. The number of rotatable bonds is 5. The van der Waals surface area contributed by atoms with Crippen LogP contribution < -0.4 is 14.2 Å². The van der Waals surface area contributed by atoms with Crippen LogP contribution in [0.3, 0.4) is 0 Å². The molecule has 1 unspecified atom stereocenters.